The summed E-state index contributed by atoms with van der Waals surface area (Å²) >= 11 is 0. The van der Waals surface area contributed by atoms with Gasteiger partial charge in [0.2, 0.25) is 0 Å². The lowest BCUT2D eigenvalue weighted by atomic mass is 10.1. The number of rotatable bonds is 7. The zero-order valence-corrected chi connectivity index (χ0v) is 13.6. The molecule has 1 amide bonds. The smallest absolute Gasteiger partial charge is 0.259 e. The molecular formula is C18H21NO4. The molecule has 1 N–H and O–H groups in total. The molecule has 2 aromatic carbocycles. The van der Waals surface area contributed by atoms with E-state index in [1.807, 2.05) is 19.1 Å². The first-order valence-corrected chi connectivity index (χ1v) is 7.44. The number of anilines is 1. The number of carbonyl (C=O) groups is 1. The van der Waals surface area contributed by atoms with Crippen molar-refractivity contribution in [2.24, 2.45) is 0 Å². The molecule has 122 valence electrons. The quantitative estimate of drug-likeness (QED) is 0.845. The van der Waals surface area contributed by atoms with Crippen molar-refractivity contribution in [1.29, 1.82) is 0 Å². The molecule has 5 heteroatoms. The average Bonchev–Trinajstić information content (AvgIpc) is 2.60. The molecule has 23 heavy (non-hydrogen) atoms. The summed E-state index contributed by atoms with van der Waals surface area (Å²) in [4.78, 5) is 12.5. The third-order valence-electron chi connectivity index (χ3n) is 3.23. The number of benzene rings is 2. The van der Waals surface area contributed by atoms with E-state index in [2.05, 4.69) is 5.32 Å². The first-order chi connectivity index (χ1) is 11.2. The van der Waals surface area contributed by atoms with Crippen LogP contribution in [-0.4, -0.2) is 26.7 Å². The number of methoxy groups -OCH3 is 2. The van der Waals surface area contributed by atoms with Gasteiger partial charge in [0.15, 0.2) is 11.5 Å². The molecular weight excluding hydrogens is 294 g/mol. The zero-order chi connectivity index (χ0) is 16.7. The van der Waals surface area contributed by atoms with E-state index in [0.29, 0.717) is 35.1 Å². The maximum atomic E-state index is 12.5. The van der Waals surface area contributed by atoms with Crippen molar-refractivity contribution in [3.05, 3.63) is 48.0 Å². The second-order valence-corrected chi connectivity index (χ2v) is 4.87. The Morgan fingerprint density at radius 2 is 1.74 bits per heavy atom. The van der Waals surface area contributed by atoms with E-state index in [1.54, 1.807) is 44.6 Å². The zero-order valence-electron chi connectivity index (χ0n) is 13.6. The highest BCUT2D eigenvalue weighted by Gasteiger charge is 2.13. The Balaban J connectivity index is 2.19. The summed E-state index contributed by atoms with van der Waals surface area (Å²) in [5.74, 6) is 1.51. The largest absolute Gasteiger partial charge is 0.493 e. The summed E-state index contributed by atoms with van der Waals surface area (Å²) in [5.41, 5.74) is 1.12. The van der Waals surface area contributed by atoms with Gasteiger partial charge in [-0.25, -0.2) is 0 Å². The molecule has 0 bridgehead atoms. The molecule has 2 aromatic rings. The van der Waals surface area contributed by atoms with Gasteiger partial charge >= 0.3 is 0 Å². The molecule has 0 radical (unpaired) electrons. The molecule has 0 atom stereocenters. The molecule has 0 spiro atoms. The standard InChI is InChI=1S/C18H21NO4/c1-4-11-23-15-8-6-5-7-14(15)18(20)19-13-9-10-16(21-2)17(12-13)22-3/h5-10,12H,4,11H2,1-3H3,(H,19,20). The maximum absolute atomic E-state index is 12.5. The fourth-order valence-electron chi connectivity index (χ4n) is 2.10. The van der Waals surface area contributed by atoms with E-state index in [0.717, 1.165) is 6.42 Å². The lowest BCUT2D eigenvalue weighted by molar-refractivity contribution is 0.102. The summed E-state index contributed by atoms with van der Waals surface area (Å²) in [6.07, 6.45) is 0.881. The number of hydrogen-bond donors (Lipinski definition) is 1. The summed E-state index contributed by atoms with van der Waals surface area (Å²) < 4.78 is 16.0. The van der Waals surface area contributed by atoms with Gasteiger partial charge in [0.25, 0.3) is 5.91 Å². The van der Waals surface area contributed by atoms with Crippen molar-refractivity contribution in [3.8, 4) is 17.2 Å². The third-order valence-corrected chi connectivity index (χ3v) is 3.23. The summed E-state index contributed by atoms with van der Waals surface area (Å²) in [6, 6.07) is 12.4. The number of amides is 1. The van der Waals surface area contributed by atoms with Gasteiger partial charge in [-0.05, 0) is 30.7 Å². The van der Waals surface area contributed by atoms with Crippen LogP contribution in [0, 0.1) is 0 Å². The SMILES string of the molecule is CCCOc1ccccc1C(=O)Nc1ccc(OC)c(OC)c1. The molecule has 0 saturated carbocycles. The lowest BCUT2D eigenvalue weighted by Crippen LogP contribution is -2.14. The van der Waals surface area contributed by atoms with Crippen LogP contribution >= 0.6 is 0 Å². The second-order valence-electron chi connectivity index (χ2n) is 4.87. The van der Waals surface area contributed by atoms with Crippen LogP contribution in [0.1, 0.15) is 23.7 Å². The van der Waals surface area contributed by atoms with Gasteiger partial charge in [0.1, 0.15) is 5.75 Å². The second kappa shape index (κ2) is 8.08. The number of ether oxygens (including phenoxy) is 3. The molecule has 0 aliphatic rings. The first kappa shape index (κ1) is 16.7. The molecule has 0 aromatic heterocycles. The van der Waals surface area contributed by atoms with Gasteiger partial charge in [-0.2, -0.15) is 0 Å². The normalized spacial score (nSPS) is 10.0. The lowest BCUT2D eigenvalue weighted by Gasteiger charge is -2.13. The van der Waals surface area contributed by atoms with Crippen molar-refractivity contribution in [3.63, 3.8) is 0 Å². The Kier molecular flexibility index (Phi) is 5.86. The maximum Gasteiger partial charge on any atom is 0.259 e. The highest BCUT2D eigenvalue weighted by Crippen LogP contribution is 2.30. The number of para-hydroxylation sites is 1. The van der Waals surface area contributed by atoms with Crippen LogP contribution in [0.2, 0.25) is 0 Å². The van der Waals surface area contributed by atoms with Crippen LogP contribution in [0.4, 0.5) is 5.69 Å². The van der Waals surface area contributed by atoms with Gasteiger partial charge in [0.05, 0.1) is 26.4 Å². The van der Waals surface area contributed by atoms with Gasteiger partial charge < -0.3 is 19.5 Å². The van der Waals surface area contributed by atoms with E-state index in [-0.39, 0.29) is 5.91 Å². The van der Waals surface area contributed by atoms with Crippen LogP contribution < -0.4 is 19.5 Å². The van der Waals surface area contributed by atoms with E-state index >= 15 is 0 Å². The highest BCUT2D eigenvalue weighted by atomic mass is 16.5. The van der Waals surface area contributed by atoms with Gasteiger partial charge in [-0.1, -0.05) is 19.1 Å². The van der Waals surface area contributed by atoms with Crippen LogP contribution in [0.15, 0.2) is 42.5 Å². The summed E-state index contributed by atoms with van der Waals surface area (Å²) in [6.45, 7) is 2.59. The van der Waals surface area contributed by atoms with Gasteiger partial charge in [0, 0.05) is 11.8 Å². The molecule has 2 rings (SSSR count). The number of hydrogen-bond acceptors (Lipinski definition) is 4. The predicted octanol–water partition coefficient (Wildman–Crippen LogP) is 3.74. The van der Waals surface area contributed by atoms with E-state index < -0.39 is 0 Å². The molecule has 0 saturated heterocycles. The van der Waals surface area contributed by atoms with Crippen LogP contribution in [0.5, 0.6) is 17.2 Å². The van der Waals surface area contributed by atoms with Crippen molar-refractivity contribution < 1.29 is 19.0 Å². The Morgan fingerprint density at radius 3 is 2.43 bits per heavy atom. The Morgan fingerprint density at radius 1 is 1.00 bits per heavy atom. The minimum absolute atomic E-state index is 0.232. The monoisotopic (exact) mass is 315 g/mol. The summed E-state index contributed by atoms with van der Waals surface area (Å²) in [5, 5.41) is 2.85. The predicted molar refractivity (Wildman–Crippen MR) is 89.7 cm³/mol. The summed E-state index contributed by atoms with van der Waals surface area (Å²) in [7, 11) is 3.12. The Bertz CT molecular complexity index is 670. The highest BCUT2D eigenvalue weighted by molar-refractivity contribution is 6.06. The van der Waals surface area contributed by atoms with E-state index in [4.69, 9.17) is 14.2 Å². The van der Waals surface area contributed by atoms with E-state index in [9.17, 15) is 4.79 Å². The molecule has 0 aliphatic heterocycles. The first-order valence-electron chi connectivity index (χ1n) is 7.44. The fraction of sp³-hybridized carbons (Fsp3) is 0.278. The van der Waals surface area contributed by atoms with Gasteiger partial charge in [-0.15, -0.1) is 0 Å². The van der Waals surface area contributed by atoms with Crippen molar-refractivity contribution in [2.45, 2.75) is 13.3 Å². The van der Waals surface area contributed by atoms with Crippen LogP contribution in [0.25, 0.3) is 0 Å². The molecule has 0 heterocycles. The van der Waals surface area contributed by atoms with Gasteiger partial charge in [-0.3, -0.25) is 4.79 Å². The van der Waals surface area contributed by atoms with Crippen molar-refractivity contribution >= 4 is 11.6 Å². The van der Waals surface area contributed by atoms with Crippen LogP contribution in [-0.2, 0) is 0 Å². The minimum Gasteiger partial charge on any atom is -0.493 e. The fourth-order valence-corrected chi connectivity index (χ4v) is 2.10. The topological polar surface area (TPSA) is 56.8 Å². The molecule has 5 nitrogen and oxygen atoms in total. The minimum atomic E-state index is -0.232. The van der Waals surface area contributed by atoms with Crippen molar-refractivity contribution in [1.82, 2.24) is 0 Å². The third kappa shape index (κ3) is 4.16. The molecule has 0 fully saturated rings. The van der Waals surface area contributed by atoms with Crippen LogP contribution in [0.3, 0.4) is 0 Å². The Labute approximate surface area is 136 Å². The number of carbonyl (C=O) groups excluding carboxylic acids is 1. The molecule has 0 aliphatic carbocycles. The average molecular weight is 315 g/mol. The number of nitrogens with one attached hydrogen (secondary N) is 1. The Hall–Kier alpha value is -2.69. The van der Waals surface area contributed by atoms with E-state index in [1.165, 1.54) is 0 Å². The molecule has 0 unspecified atom stereocenters. The van der Waals surface area contributed by atoms with Crippen molar-refractivity contribution in [2.75, 3.05) is 26.1 Å².